The van der Waals surface area contributed by atoms with E-state index >= 15 is 0 Å². The Kier molecular flexibility index (Phi) is 6.07. The van der Waals surface area contributed by atoms with E-state index < -0.39 is 0 Å². The second-order valence-corrected chi connectivity index (χ2v) is 7.15. The Bertz CT molecular complexity index is 749. The molecule has 0 aromatic heterocycles. The van der Waals surface area contributed by atoms with Crippen LogP contribution in [0.3, 0.4) is 0 Å². The van der Waals surface area contributed by atoms with Gasteiger partial charge in [0.05, 0.1) is 19.3 Å². The summed E-state index contributed by atoms with van der Waals surface area (Å²) in [6.45, 7) is 10.3. The predicted molar refractivity (Wildman–Crippen MR) is 105 cm³/mol. The Labute approximate surface area is 156 Å². The van der Waals surface area contributed by atoms with Gasteiger partial charge < -0.3 is 10.1 Å². The fourth-order valence-corrected chi connectivity index (χ4v) is 3.20. The molecule has 3 rings (SSSR count). The number of ether oxygens (including phenoxy) is 1. The van der Waals surface area contributed by atoms with Crippen LogP contribution in [0.4, 0.5) is 0 Å². The van der Waals surface area contributed by atoms with E-state index in [9.17, 15) is 4.79 Å². The number of aryl methyl sites for hydroxylation is 3. The highest BCUT2D eigenvalue weighted by molar-refractivity contribution is 5.94. The Hall–Kier alpha value is -2.17. The van der Waals surface area contributed by atoms with Gasteiger partial charge >= 0.3 is 0 Å². The maximum atomic E-state index is 12.8. The SMILES string of the molecule is Cc1ccc(C(CN2CCOCC2)NC(=O)c2ccc(C)c(C)c2)cc1. The highest BCUT2D eigenvalue weighted by Gasteiger charge is 2.21. The summed E-state index contributed by atoms with van der Waals surface area (Å²) in [5, 5.41) is 3.24. The minimum atomic E-state index is -0.0391. The van der Waals surface area contributed by atoms with Crippen LogP contribution < -0.4 is 5.32 Å². The van der Waals surface area contributed by atoms with E-state index in [0.29, 0.717) is 5.56 Å². The summed E-state index contributed by atoms with van der Waals surface area (Å²) in [5.74, 6) is -0.0214. The maximum absolute atomic E-state index is 12.8. The van der Waals surface area contributed by atoms with E-state index in [1.165, 1.54) is 11.1 Å². The molecule has 1 heterocycles. The topological polar surface area (TPSA) is 41.6 Å². The first-order valence-electron chi connectivity index (χ1n) is 9.28. The molecule has 4 heteroatoms. The molecule has 0 aliphatic carbocycles. The van der Waals surface area contributed by atoms with Crippen LogP contribution in [-0.2, 0) is 4.74 Å². The highest BCUT2D eigenvalue weighted by atomic mass is 16.5. The fraction of sp³-hybridized carbons (Fsp3) is 0.409. The average Bonchev–Trinajstić information content (AvgIpc) is 2.65. The molecule has 2 aromatic carbocycles. The molecule has 1 amide bonds. The molecule has 0 spiro atoms. The molecule has 1 unspecified atom stereocenters. The summed E-state index contributed by atoms with van der Waals surface area (Å²) in [5.41, 5.74) is 5.41. The summed E-state index contributed by atoms with van der Waals surface area (Å²) in [6, 6.07) is 14.3. The number of hydrogen-bond acceptors (Lipinski definition) is 3. The Balaban J connectivity index is 1.78. The Morgan fingerprint density at radius 3 is 2.38 bits per heavy atom. The van der Waals surface area contributed by atoms with Gasteiger partial charge in [-0.05, 0) is 49.6 Å². The quantitative estimate of drug-likeness (QED) is 0.896. The molecule has 0 saturated carbocycles. The third-order valence-corrected chi connectivity index (χ3v) is 5.10. The zero-order valence-corrected chi connectivity index (χ0v) is 15.9. The van der Waals surface area contributed by atoms with Crippen molar-refractivity contribution in [2.45, 2.75) is 26.8 Å². The lowest BCUT2D eigenvalue weighted by Gasteiger charge is -2.31. The normalized spacial score (nSPS) is 16.3. The first-order chi connectivity index (χ1) is 12.5. The van der Waals surface area contributed by atoms with E-state index in [0.717, 1.165) is 44.0 Å². The molecule has 1 atom stereocenters. The van der Waals surface area contributed by atoms with Crippen molar-refractivity contribution in [3.05, 3.63) is 70.3 Å². The van der Waals surface area contributed by atoms with E-state index in [4.69, 9.17) is 4.74 Å². The predicted octanol–water partition coefficient (Wildman–Crippen LogP) is 3.42. The van der Waals surface area contributed by atoms with Crippen LogP contribution in [0.25, 0.3) is 0 Å². The lowest BCUT2D eigenvalue weighted by atomic mass is 10.0. The van der Waals surface area contributed by atoms with Crippen LogP contribution in [0, 0.1) is 20.8 Å². The second-order valence-electron chi connectivity index (χ2n) is 7.15. The van der Waals surface area contributed by atoms with E-state index in [1.54, 1.807) is 0 Å². The number of benzene rings is 2. The van der Waals surface area contributed by atoms with Crippen LogP contribution >= 0.6 is 0 Å². The minimum Gasteiger partial charge on any atom is -0.379 e. The van der Waals surface area contributed by atoms with Crippen molar-refractivity contribution in [3.63, 3.8) is 0 Å². The summed E-state index contributed by atoms with van der Waals surface area (Å²) < 4.78 is 5.45. The van der Waals surface area contributed by atoms with Gasteiger partial charge in [0.25, 0.3) is 5.91 Å². The standard InChI is InChI=1S/C22H28N2O2/c1-16-4-7-19(8-5-16)21(15-24-10-12-26-13-11-24)23-22(25)20-9-6-17(2)18(3)14-20/h4-9,14,21H,10-13,15H2,1-3H3,(H,23,25). The van der Waals surface area contributed by atoms with Crippen molar-refractivity contribution in [1.82, 2.24) is 10.2 Å². The average molecular weight is 352 g/mol. The first kappa shape index (κ1) is 18.6. The molecule has 1 aliphatic rings. The number of carbonyl (C=O) groups is 1. The molecule has 1 aliphatic heterocycles. The Morgan fingerprint density at radius 1 is 1.04 bits per heavy atom. The van der Waals surface area contributed by atoms with Gasteiger partial charge in [0.2, 0.25) is 0 Å². The van der Waals surface area contributed by atoms with Gasteiger partial charge in [-0.15, -0.1) is 0 Å². The van der Waals surface area contributed by atoms with E-state index in [2.05, 4.69) is 48.3 Å². The zero-order chi connectivity index (χ0) is 18.5. The van der Waals surface area contributed by atoms with Crippen LogP contribution in [0.15, 0.2) is 42.5 Å². The minimum absolute atomic E-state index is 0.0214. The first-order valence-corrected chi connectivity index (χ1v) is 9.28. The van der Waals surface area contributed by atoms with E-state index in [-0.39, 0.29) is 11.9 Å². The van der Waals surface area contributed by atoms with Crippen LogP contribution in [-0.4, -0.2) is 43.7 Å². The van der Waals surface area contributed by atoms with Gasteiger partial charge in [0.1, 0.15) is 0 Å². The lowest BCUT2D eigenvalue weighted by molar-refractivity contribution is 0.0332. The number of amides is 1. The van der Waals surface area contributed by atoms with Crippen molar-refractivity contribution in [3.8, 4) is 0 Å². The molecule has 138 valence electrons. The van der Waals surface area contributed by atoms with Crippen LogP contribution in [0.2, 0.25) is 0 Å². The fourth-order valence-electron chi connectivity index (χ4n) is 3.20. The number of carbonyl (C=O) groups excluding carboxylic acids is 1. The van der Waals surface area contributed by atoms with Crippen LogP contribution in [0.1, 0.15) is 38.7 Å². The lowest BCUT2D eigenvalue weighted by Crippen LogP contribution is -2.43. The van der Waals surface area contributed by atoms with Gasteiger partial charge in [0.15, 0.2) is 0 Å². The monoisotopic (exact) mass is 352 g/mol. The Morgan fingerprint density at radius 2 is 1.73 bits per heavy atom. The summed E-state index contributed by atoms with van der Waals surface area (Å²) in [7, 11) is 0. The smallest absolute Gasteiger partial charge is 0.251 e. The molecular formula is C22H28N2O2. The van der Waals surface area contributed by atoms with Gasteiger partial charge in [0, 0.05) is 25.2 Å². The maximum Gasteiger partial charge on any atom is 0.251 e. The number of nitrogens with zero attached hydrogens (tertiary/aromatic N) is 1. The van der Waals surface area contributed by atoms with Crippen molar-refractivity contribution in [2.24, 2.45) is 0 Å². The molecule has 26 heavy (non-hydrogen) atoms. The van der Waals surface area contributed by atoms with Crippen LogP contribution in [0.5, 0.6) is 0 Å². The molecule has 1 N–H and O–H groups in total. The van der Waals surface area contributed by atoms with Gasteiger partial charge in [-0.25, -0.2) is 0 Å². The van der Waals surface area contributed by atoms with Gasteiger partial charge in [-0.3, -0.25) is 9.69 Å². The van der Waals surface area contributed by atoms with Crippen molar-refractivity contribution < 1.29 is 9.53 Å². The molecule has 4 nitrogen and oxygen atoms in total. The molecule has 1 fully saturated rings. The van der Waals surface area contributed by atoms with Crippen molar-refractivity contribution in [1.29, 1.82) is 0 Å². The molecular weight excluding hydrogens is 324 g/mol. The van der Waals surface area contributed by atoms with Crippen molar-refractivity contribution >= 4 is 5.91 Å². The van der Waals surface area contributed by atoms with Gasteiger partial charge in [-0.1, -0.05) is 35.9 Å². The molecule has 1 saturated heterocycles. The number of rotatable bonds is 5. The van der Waals surface area contributed by atoms with Crippen molar-refractivity contribution in [2.75, 3.05) is 32.8 Å². The third kappa shape index (κ3) is 4.71. The largest absolute Gasteiger partial charge is 0.379 e. The van der Waals surface area contributed by atoms with Gasteiger partial charge in [-0.2, -0.15) is 0 Å². The zero-order valence-electron chi connectivity index (χ0n) is 15.9. The molecule has 0 bridgehead atoms. The highest BCUT2D eigenvalue weighted by Crippen LogP contribution is 2.18. The molecule has 2 aromatic rings. The summed E-state index contributed by atoms with van der Waals surface area (Å²) in [4.78, 5) is 15.2. The molecule has 0 radical (unpaired) electrons. The summed E-state index contributed by atoms with van der Waals surface area (Å²) >= 11 is 0. The van der Waals surface area contributed by atoms with E-state index in [1.807, 2.05) is 25.1 Å². The number of morpholine rings is 1. The summed E-state index contributed by atoms with van der Waals surface area (Å²) in [6.07, 6.45) is 0. The second kappa shape index (κ2) is 8.47. The number of nitrogens with one attached hydrogen (secondary N) is 1. The third-order valence-electron chi connectivity index (χ3n) is 5.10. The number of hydrogen-bond donors (Lipinski definition) is 1.